The molecule has 3 nitrogen and oxygen atoms in total. The van der Waals surface area contributed by atoms with Gasteiger partial charge in [-0.1, -0.05) is 30.7 Å². The van der Waals surface area contributed by atoms with Crippen molar-refractivity contribution in [2.24, 2.45) is 11.3 Å². The first-order valence-electron chi connectivity index (χ1n) is 11.4. The highest BCUT2D eigenvalue weighted by Crippen LogP contribution is 2.46. The molecule has 0 bridgehead atoms. The summed E-state index contributed by atoms with van der Waals surface area (Å²) in [6, 6.07) is 6.84. The van der Waals surface area contributed by atoms with E-state index in [2.05, 4.69) is 41.8 Å². The Labute approximate surface area is 184 Å². The van der Waals surface area contributed by atoms with E-state index in [9.17, 15) is 0 Å². The van der Waals surface area contributed by atoms with Crippen LogP contribution in [0.1, 0.15) is 56.1 Å². The Kier molecular flexibility index (Phi) is 5.94. The summed E-state index contributed by atoms with van der Waals surface area (Å²) in [4.78, 5) is 2.70. The predicted molar refractivity (Wildman–Crippen MR) is 121 cm³/mol. The predicted octanol–water partition coefficient (Wildman–Crippen LogP) is 5.36. The van der Waals surface area contributed by atoms with Gasteiger partial charge in [-0.3, -0.25) is 0 Å². The van der Waals surface area contributed by atoms with Gasteiger partial charge in [-0.05, 0) is 61.3 Å². The molecule has 3 aliphatic heterocycles. The number of benzene rings is 1. The molecule has 1 atom stereocenters. The van der Waals surface area contributed by atoms with Crippen LogP contribution in [0.2, 0.25) is 5.02 Å². The molecule has 3 saturated heterocycles. The smallest absolute Gasteiger partial charge is 0.168 e. The summed E-state index contributed by atoms with van der Waals surface area (Å²) in [6.07, 6.45) is 6.71. The Bertz CT molecular complexity index is 722. The van der Waals surface area contributed by atoms with Crippen LogP contribution in [0.5, 0.6) is 0 Å². The fourth-order valence-electron chi connectivity index (χ4n) is 5.90. The average Bonchev–Trinajstić information content (AvgIpc) is 3.30. The number of hydrogen-bond donors (Lipinski definition) is 0. The Hall–Kier alpha value is -0.260. The van der Waals surface area contributed by atoms with Gasteiger partial charge < -0.3 is 14.4 Å². The molecule has 2 spiro atoms. The molecule has 1 unspecified atom stereocenters. The Morgan fingerprint density at radius 2 is 1.93 bits per heavy atom. The van der Waals surface area contributed by atoms with Crippen LogP contribution < -0.4 is 0 Å². The summed E-state index contributed by atoms with van der Waals surface area (Å²) < 4.78 is 11.8. The van der Waals surface area contributed by atoms with Crippen LogP contribution in [0.4, 0.5) is 0 Å². The number of hydrogen-bond acceptors (Lipinski definition) is 4. The van der Waals surface area contributed by atoms with E-state index in [1.54, 1.807) is 0 Å². The van der Waals surface area contributed by atoms with E-state index in [-0.39, 0.29) is 5.79 Å². The van der Waals surface area contributed by atoms with Gasteiger partial charge in [0.2, 0.25) is 0 Å². The summed E-state index contributed by atoms with van der Waals surface area (Å²) in [5.74, 6) is 3.69. The fraction of sp³-hybridized carbons (Fsp3) is 0.750. The number of ether oxygens (including phenoxy) is 2. The van der Waals surface area contributed by atoms with Crippen LogP contribution in [0.3, 0.4) is 0 Å². The first-order valence-corrected chi connectivity index (χ1v) is 12.9. The van der Waals surface area contributed by atoms with Gasteiger partial charge in [-0.2, -0.15) is 11.8 Å². The second-order valence-corrected chi connectivity index (χ2v) is 11.4. The minimum Gasteiger partial charge on any atom is -0.348 e. The van der Waals surface area contributed by atoms with Crippen LogP contribution in [0.15, 0.2) is 18.2 Å². The summed E-state index contributed by atoms with van der Waals surface area (Å²) >= 11 is 8.88. The second kappa shape index (κ2) is 8.35. The Morgan fingerprint density at radius 1 is 1.17 bits per heavy atom. The third kappa shape index (κ3) is 4.39. The molecule has 5 heteroatoms. The minimum atomic E-state index is -0.287. The molecule has 4 aliphatic rings. The molecular weight excluding hydrogens is 402 g/mol. The summed E-state index contributed by atoms with van der Waals surface area (Å²) in [5.41, 5.74) is 3.37. The molecule has 1 aromatic carbocycles. The summed E-state index contributed by atoms with van der Waals surface area (Å²) in [7, 11) is 0. The van der Waals surface area contributed by atoms with Crippen LogP contribution >= 0.6 is 23.4 Å². The van der Waals surface area contributed by atoms with Crippen molar-refractivity contribution in [1.29, 1.82) is 0 Å². The van der Waals surface area contributed by atoms with Crippen molar-refractivity contribution in [3.05, 3.63) is 34.3 Å². The van der Waals surface area contributed by atoms with Crippen molar-refractivity contribution < 1.29 is 9.47 Å². The van der Waals surface area contributed by atoms with Gasteiger partial charge in [0.25, 0.3) is 0 Å². The van der Waals surface area contributed by atoms with Crippen molar-refractivity contribution in [3.8, 4) is 0 Å². The lowest BCUT2D eigenvalue weighted by molar-refractivity contribution is -0.178. The highest BCUT2D eigenvalue weighted by molar-refractivity contribution is 8.00. The molecule has 0 radical (unpaired) electrons. The van der Waals surface area contributed by atoms with Gasteiger partial charge in [0.15, 0.2) is 5.79 Å². The second-order valence-electron chi connectivity index (χ2n) is 10.0. The largest absolute Gasteiger partial charge is 0.348 e. The zero-order valence-electron chi connectivity index (χ0n) is 17.6. The number of halogens is 1. The Morgan fingerprint density at radius 3 is 2.55 bits per heavy atom. The van der Waals surface area contributed by atoms with E-state index >= 15 is 0 Å². The van der Waals surface area contributed by atoms with Crippen LogP contribution in [0.25, 0.3) is 0 Å². The van der Waals surface area contributed by atoms with E-state index in [4.69, 9.17) is 21.1 Å². The van der Waals surface area contributed by atoms with Gasteiger partial charge >= 0.3 is 0 Å². The molecule has 3 heterocycles. The molecule has 5 rings (SSSR count). The highest BCUT2D eigenvalue weighted by atomic mass is 35.5. The first-order chi connectivity index (χ1) is 14.0. The van der Waals surface area contributed by atoms with Crippen molar-refractivity contribution in [3.63, 3.8) is 0 Å². The van der Waals surface area contributed by atoms with E-state index in [1.807, 2.05) is 0 Å². The topological polar surface area (TPSA) is 21.7 Å². The van der Waals surface area contributed by atoms with Crippen LogP contribution in [-0.2, 0) is 15.9 Å². The molecule has 0 N–H and O–H groups in total. The summed E-state index contributed by atoms with van der Waals surface area (Å²) in [5, 5.41) is 0.954. The maximum atomic E-state index is 6.76. The van der Waals surface area contributed by atoms with Gasteiger partial charge in [-0.15, -0.1) is 0 Å². The maximum absolute atomic E-state index is 6.76. The lowest BCUT2D eigenvalue weighted by Gasteiger charge is -2.37. The third-order valence-electron chi connectivity index (χ3n) is 7.55. The average molecular weight is 436 g/mol. The number of nitrogens with zero attached hydrogens (tertiary/aromatic N) is 1. The molecule has 1 aromatic rings. The first kappa shape index (κ1) is 20.6. The van der Waals surface area contributed by atoms with E-state index in [0.717, 1.165) is 50.3 Å². The number of rotatable bonds is 5. The van der Waals surface area contributed by atoms with E-state index < -0.39 is 0 Å². The molecule has 160 valence electrons. The summed E-state index contributed by atoms with van der Waals surface area (Å²) in [6.45, 7) is 7.72. The fourth-order valence-corrected chi connectivity index (χ4v) is 7.51. The van der Waals surface area contributed by atoms with Gasteiger partial charge in [0.1, 0.15) is 0 Å². The number of likely N-dealkylation sites (tertiary alicyclic amines) is 1. The molecule has 1 aliphatic carbocycles. The monoisotopic (exact) mass is 435 g/mol. The molecule has 0 aromatic heterocycles. The lowest BCUT2D eigenvalue weighted by Crippen LogP contribution is -2.39. The maximum Gasteiger partial charge on any atom is 0.168 e. The Balaban J connectivity index is 1.15. The molecule has 1 saturated carbocycles. The van der Waals surface area contributed by atoms with Gasteiger partial charge in [0, 0.05) is 47.9 Å². The lowest BCUT2D eigenvalue weighted by atomic mass is 9.80. The number of thioether (sulfide) groups is 1. The molecule has 29 heavy (non-hydrogen) atoms. The molecule has 4 fully saturated rings. The van der Waals surface area contributed by atoms with Crippen LogP contribution in [-0.4, -0.2) is 55.0 Å². The van der Waals surface area contributed by atoms with Gasteiger partial charge in [-0.25, -0.2) is 0 Å². The quantitative estimate of drug-likeness (QED) is 0.620. The van der Waals surface area contributed by atoms with E-state index in [1.165, 1.54) is 48.7 Å². The minimum absolute atomic E-state index is 0.287. The van der Waals surface area contributed by atoms with Crippen LogP contribution in [0, 0.1) is 11.3 Å². The zero-order chi connectivity index (χ0) is 19.9. The van der Waals surface area contributed by atoms with Crippen molar-refractivity contribution >= 4 is 23.4 Å². The molecule has 0 amide bonds. The molecular formula is C24H34ClNO2S. The highest BCUT2D eigenvalue weighted by Gasteiger charge is 2.43. The van der Waals surface area contributed by atoms with Crippen molar-refractivity contribution in [2.75, 3.05) is 44.4 Å². The van der Waals surface area contributed by atoms with Gasteiger partial charge in [0.05, 0.1) is 13.2 Å². The normalized spacial score (nSPS) is 27.5. The van der Waals surface area contributed by atoms with Crippen molar-refractivity contribution in [2.45, 2.75) is 57.2 Å². The van der Waals surface area contributed by atoms with Crippen molar-refractivity contribution in [1.82, 2.24) is 4.90 Å². The van der Waals surface area contributed by atoms with E-state index in [0.29, 0.717) is 17.3 Å². The SMILES string of the molecule is CC(Cc1ccc(C2CCC3(CC2)OCCO3)c(Cl)c1)CN1CCC2(CSC2)C1. The standard InChI is InChI=1S/C24H34ClNO2S/c1-18(14-26-9-8-23(15-26)16-29-17-23)12-19-2-3-21(22(25)13-19)20-4-6-24(7-5-20)27-10-11-28-24/h2-3,13,18,20H,4-12,14-17H2,1H3. The third-order valence-corrected chi connectivity index (χ3v) is 9.51. The zero-order valence-corrected chi connectivity index (χ0v) is 19.2.